The summed E-state index contributed by atoms with van der Waals surface area (Å²) in [6.45, 7) is 3.35. The topological polar surface area (TPSA) is 64.0 Å². The Bertz CT molecular complexity index is 1340. The molecule has 0 aliphatic heterocycles. The number of imidazole rings is 1. The first-order chi connectivity index (χ1) is 17.0. The normalized spacial score (nSPS) is 11.6. The van der Waals surface area contributed by atoms with Gasteiger partial charge in [0.1, 0.15) is 0 Å². The van der Waals surface area contributed by atoms with Crippen LogP contribution >= 0.6 is 27.7 Å². The molecular formula is C27H28BrN3O2S2. The zero-order valence-electron chi connectivity index (χ0n) is 19.5. The Morgan fingerprint density at radius 3 is 2.17 bits per heavy atom. The van der Waals surface area contributed by atoms with Crippen molar-refractivity contribution in [1.29, 1.82) is 0 Å². The Labute approximate surface area is 220 Å². The molecule has 0 aliphatic rings. The van der Waals surface area contributed by atoms with Gasteiger partial charge in [-0.15, -0.1) is 0 Å². The molecule has 0 radical (unpaired) electrons. The van der Waals surface area contributed by atoms with Crippen LogP contribution < -0.4 is 4.72 Å². The largest absolute Gasteiger partial charge is 0.318 e. The molecule has 0 saturated carbocycles. The predicted molar refractivity (Wildman–Crippen MR) is 148 cm³/mol. The van der Waals surface area contributed by atoms with E-state index in [9.17, 15) is 8.42 Å². The van der Waals surface area contributed by atoms with Gasteiger partial charge in [0.25, 0.3) is 0 Å². The van der Waals surface area contributed by atoms with E-state index in [1.54, 1.807) is 36.0 Å². The van der Waals surface area contributed by atoms with Crippen LogP contribution in [0.25, 0.3) is 22.5 Å². The second-order valence-corrected chi connectivity index (χ2v) is 11.8. The first kappa shape index (κ1) is 25.7. The molecular weight excluding hydrogens is 542 g/mol. The Kier molecular flexibility index (Phi) is 8.83. The van der Waals surface area contributed by atoms with Crippen LogP contribution in [0.4, 0.5) is 0 Å². The lowest BCUT2D eigenvalue weighted by molar-refractivity contribution is 0.583. The number of rotatable bonds is 11. The number of sulfonamides is 1. The van der Waals surface area contributed by atoms with Gasteiger partial charge in [-0.1, -0.05) is 102 Å². The highest BCUT2D eigenvalue weighted by molar-refractivity contribution is 9.10. The fourth-order valence-electron chi connectivity index (χ4n) is 3.77. The van der Waals surface area contributed by atoms with Crippen molar-refractivity contribution < 1.29 is 8.42 Å². The van der Waals surface area contributed by atoms with E-state index in [1.807, 2.05) is 36.4 Å². The lowest BCUT2D eigenvalue weighted by atomic mass is 10.0. The third kappa shape index (κ3) is 6.44. The van der Waals surface area contributed by atoms with E-state index in [-0.39, 0.29) is 4.90 Å². The van der Waals surface area contributed by atoms with Crippen LogP contribution in [0.2, 0.25) is 0 Å². The molecule has 0 saturated heterocycles. The van der Waals surface area contributed by atoms with E-state index in [1.165, 1.54) is 0 Å². The van der Waals surface area contributed by atoms with Gasteiger partial charge in [0.05, 0.1) is 16.3 Å². The average Bonchev–Trinajstić information content (AvgIpc) is 3.25. The highest BCUT2D eigenvalue weighted by atomic mass is 79.9. The molecule has 8 heteroatoms. The SMILES string of the molecule is CCCCn1c(SCCNS(=O)(=O)c2ccc(Br)cc2)nc(-c2ccccc2)c1-c1ccccc1. The van der Waals surface area contributed by atoms with Gasteiger partial charge >= 0.3 is 0 Å². The molecule has 0 unspecified atom stereocenters. The number of benzene rings is 3. The fourth-order valence-corrected chi connectivity index (χ4v) is 6.07. The van der Waals surface area contributed by atoms with Gasteiger partial charge in [-0.25, -0.2) is 18.1 Å². The molecule has 0 fully saturated rings. The molecule has 1 N–H and O–H groups in total. The van der Waals surface area contributed by atoms with E-state index in [4.69, 9.17) is 4.98 Å². The van der Waals surface area contributed by atoms with Crippen molar-refractivity contribution in [3.63, 3.8) is 0 Å². The molecule has 4 rings (SSSR count). The minimum Gasteiger partial charge on any atom is -0.318 e. The number of nitrogens with one attached hydrogen (secondary N) is 1. The molecule has 3 aromatic carbocycles. The van der Waals surface area contributed by atoms with Crippen molar-refractivity contribution in [1.82, 2.24) is 14.3 Å². The van der Waals surface area contributed by atoms with Crippen molar-refractivity contribution in [2.24, 2.45) is 0 Å². The lowest BCUT2D eigenvalue weighted by Crippen LogP contribution is -2.26. The first-order valence-electron chi connectivity index (χ1n) is 11.6. The van der Waals surface area contributed by atoms with Gasteiger partial charge in [-0.2, -0.15) is 0 Å². The van der Waals surface area contributed by atoms with Crippen LogP contribution in [0.1, 0.15) is 19.8 Å². The van der Waals surface area contributed by atoms with Crippen LogP contribution in [0.5, 0.6) is 0 Å². The van der Waals surface area contributed by atoms with Gasteiger partial charge in [0.2, 0.25) is 10.0 Å². The van der Waals surface area contributed by atoms with Crippen LogP contribution in [-0.2, 0) is 16.6 Å². The molecule has 35 heavy (non-hydrogen) atoms. The maximum atomic E-state index is 12.6. The van der Waals surface area contributed by atoms with Crippen molar-refractivity contribution in [2.45, 2.75) is 36.4 Å². The average molecular weight is 571 g/mol. The number of hydrogen-bond acceptors (Lipinski definition) is 4. The van der Waals surface area contributed by atoms with E-state index < -0.39 is 10.0 Å². The van der Waals surface area contributed by atoms with Crippen LogP contribution in [-0.4, -0.2) is 30.3 Å². The molecule has 0 spiro atoms. The third-order valence-corrected chi connectivity index (χ3v) is 8.50. The first-order valence-corrected chi connectivity index (χ1v) is 14.8. The molecule has 182 valence electrons. The summed E-state index contributed by atoms with van der Waals surface area (Å²) in [5.74, 6) is 0.571. The van der Waals surface area contributed by atoms with Gasteiger partial charge < -0.3 is 4.57 Å². The number of unbranched alkanes of at least 4 members (excludes halogenated alkanes) is 1. The van der Waals surface area contributed by atoms with Crippen LogP contribution in [0.15, 0.2) is 99.5 Å². The standard InChI is InChI=1S/C27H28BrN3O2S2/c1-2-3-19-31-26(22-12-8-5-9-13-22)25(21-10-6-4-7-11-21)30-27(31)34-20-18-29-35(32,33)24-16-14-23(28)15-17-24/h4-17,29H,2-3,18-20H2,1H3. The number of thioether (sulfide) groups is 1. The lowest BCUT2D eigenvalue weighted by Gasteiger charge is -2.13. The smallest absolute Gasteiger partial charge is 0.240 e. The Balaban J connectivity index is 1.59. The number of hydrogen-bond donors (Lipinski definition) is 1. The fraction of sp³-hybridized carbons (Fsp3) is 0.222. The number of halogens is 1. The summed E-state index contributed by atoms with van der Waals surface area (Å²) in [6.07, 6.45) is 2.11. The second-order valence-electron chi connectivity index (χ2n) is 8.03. The minimum atomic E-state index is -3.56. The Morgan fingerprint density at radius 2 is 1.54 bits per heavy atom. The van der Waals surface area contributed by atoms with Crippen molar-refractivity contribution >= 4 is 37.7 Å². The Morgan fingerprint density at radius 1 is 0.914 bits per heavy atom. The van der Waals surface area contributed by atoms with Crippen molar-refractivity contribution in [3.8, 4) is 22.5 Å². The summed E-state index contributed by atoms with van der Waals surface area (Å²) in [5, 5.41) is 0.902. The second kappa shape index (κ2) is 12.0. The van der Waals surface area contributed by atoms with Crippen LogP contribution in [0, 0.1) is 0 Å². The molecule has 1 heterocycles. The summed E-state index contributed by atoms with van der Waals surface area (Å²) in [7, 11) is -3.56. The summed E-state index contributed by atoms with van der Waals surface area (Å²) >= 11 is 4.92. The monoisotopic (exact) mass is 569 g/mol. The van der Waals surface area contributed by atoms with E-state index in [2.05, 4.69) is 56.4 Å². The predicted octanol–water partition coefficient (Wildman–Crippen LogP) is 6.85. The third-order valence-electron chi connectivity index (χ3n) is 5.51. The van der Waals surface area contributed by atoms with Crippen LogP contribution in [0.3, 0.4) is 0 Å². The maximum Gasteiger partial charge on any atom is 0.240 e. The van der Waals surface area contributed by atoms with Crippen molar-refractivity contribution in [3.05, 3.63) is 89.4 Å². The summed E-state index contributed by atoms with van der Waals surface area (Å²) in [5.41, 5.74) is 4.24. The zero-order chi connectivity index (χ0) is 24.7. The molecule has 0 atom stereocenters. The zero-order valence-corrected chi connectivity index (χ0v) is 22.7. The highest BCUT2D eigenvalue weighted by Gasteiger charge is 2.20. The molecule has 1 aromatic heterocycles. The number of aromatic nitrogens is 2. The van der Waals surface area contributed by atoms with E-state index in [0.717, 1.165) is 51.5 Å². The van der Waals surface area contributed by atoms with Gasteiger partial charge in [-0.3, -0.25) is 0 Å². The summed E-state index contributed by atoms with van der Waals surface area (Å²) in [4.78, 5) is 5.31. The number of nitrogens with zero attached hydrogens (tertiary/aromatic N) is 2. The van der Waals surface area contributed by atoms with Crippen molar-refractivity contribution in [2.75, 3.05) is 12.3 Å². The maximum absolute atomic E-state index is 12.6. The van der Waals surface area contributed by atoms with E-state index in [0.29, 0.717) is 12.3 Å². The molecule has 5 nitrogen and oxygen atoms in total. The molecule has 0 bridgehead atoms. The minimum absolute atomic E-state index is 0.257. The van der Waals surface area contributed by atoms with E-state index >= 15 is 0 Å². The van der Waals surface area contributed by atoms with Gasteiger partial charge in [0.15, 0.2) is 5.16 Å². The quantitative estimate of drug-likeness (QED) is 0.158. The Hall–Kier alpha value is -2.39. The summed E-state index contributed by atoms with van der Waals surface area (Å²) in [6, 6.07) is 27.2. The van der Waals surface area contributed by atoms with Gasteiger partial charge in [-0.05, 0) is 30.7 Å². The molecule has 4 aromatic rings. The summed E-state index contributed by atoms with van der Waals surface area (Å²) < 4.78 is 31.1. The molecule has 0 aliphatic carbocycles. The highest BCUT2D eigenvalue weighted by Crippen LogP contribution is 2.36. The van der Waals surface area contributed by atoms with Gasteiger partial charge in [0, 0.05) is 34.4 Å². The molecule has 0 amide bonds.